The minimum absolute atomic E-state index is 0.0294. The average Bonchev–Trinajstić information content (AvgIpc) is 3.77. The van der Waals surface area contributed by atoms with Gasteiger partial charge in [0, 0.05) is 62.7 Å². The Bertz CT molecular complexity index is 2170. The molecule has 0 bridgehead atoms. The number of thiazole rings is 1. The van der Waals surface area contributed by atoms with E-state index in [0.29, 0.717) is 100 Å². The predicted molar refractivity (Wildman–Crippen MR) is 236 cm³/mol. The number of likely N-dealkylation sites (tertiary alicyclic amines) is 1. The number of piperidine rings is 1. The molecule has 3 aliphatic rings. The van der Waals surface area contributed by atoms with Crippen LogP contribution in [0.5, 0.6) is 11.5 Å². The number of carbonyl (C=O) groups is 3. The van der Waals surface area contributed by atoms with Crippen LogP contribution in [0.15, 0.2) is 60.0 Å². The van der Waals surface area contributed by atoms with Crippen LogP contribution in [0.25, 0.3) is 0 Å². The molecule has 0 atom stereocenters. The van der Waals surface area contributed by atoms with E-state index in [1.165, 1.54) is 11.3 Å². The predicted octanol–water partition coefficient (Wildman–Crippen LogP) is 6.07. The maximum atomic E-state index is 15.8. The number of hydrogen-bond donors (Lipinski definition) is 3. The Hall–Kier alpha value is -4.93. The molecule has 2 fully saturated rings. The molecule has 3 amide bonds. The van der Waals surface area contributed by atoms with Crippen LogP contribution in [0, 0.1) is 12.7 Å². The van der Waals surface area contributed by atoms with Gasteiger partial charge in [0.25, 0.3) is 11.8 Å². The van der Waals surface area contributed by atoms with Crippen molar-refractivity contribution < 1.29 is 38.1 Å². The number of fused-ring (bicyclic) bond motifs is 1. The third-order valence-electron chi connectivity index (χ3n) is 11.9. The van der Waals surface area contributed by atoms with Gasteiger partial charge in [-0.1, -0.05) is 67.9 Å². The van der Waals surface area contributed by atoms with Crippen LogP contribution < -0.4 is 15.4 Å². The summed E-state index contributed by atoms with van der Waals surface area (Å²) in [5.74, 6) is 0.137. The molecule has 4 aromatic rings. The standard InChI is InChI=1S/C47H59FN6O7S/c1-32(2)45-50-38(30-62-45)46(58)54-23-26-61-47(31-54)16-20-52(21-17-47)28-37-6-4-5-35(42(37)48)14-24-59-25-15-41(57)53(27-34-9-7-33(3)8-10-34)22-19-49-18-13-36-11-12-39(55)43-44(36)60-29-40(56)51-43/h4-12,30,32,49,55H,13-29,31H2,1-3H3,(H,51,56). The van der Waals surface area contributed by atoms with E-state index in [2.05, 4.69) is 34.4 Å². The van der Waals surface area contributed by atoms with Crippen LogP contribution in [0.1, 0.15) is 82.3 Å². The number of aromatic hydroxyl groups is 1. The van der Waals surface area contributed by atoms with Crippen molar-refractivity contribution in [2.75, 3.05) is 77.6 Å². The van der Waals surface area contributed by atoms with E-state index in [1.54, 1.807) is 18.2 Å². The van der Waals surface area contributed by atoms with Crippen molar-refractivity contribution in [3.63, 3.8) is 0 Å². The molecule has 0 aliphatic carbocycles. The minimum Gasteiger partial charge on any atom is -0.506 e. The summed E-state index contributed by atoms with van der Waals surface area (Å²) in [6.45, 7) is 12.3. The van der Waals surface area contributed by atoms with Gasteiger partial charge in [0.15, 0.2) is 12.4 Å². The topological polar surface area (TPSA) is 146 Å². The minimum atomic E-state index is -0.399. The number of morpholine rings is 1. The number of halogens is 1. The first-order chi connectivity index (χ1) is 30.0. The SMILES string of the molecule is Cc1ccc(CN(CCNCCc2ccc(O)c3c2OCC(=O)N3)C(=O)CCOCCc2cccc(CN3CCC4(CC3)CN(C(=O)c3csc(C(C)C)n3)CCO4)c2F)cc1. The highest BCUT2D eigenvalue weighted by atomic mass is 32.1. The van der Waals surface area contributed by atoms with Gasteiger partial charge in [0.2, 0.25) is 5.91 Å². The van der Waals surface area contributed by atoms with E-state index < -0.39 is 5.60 Å². The highest BCUT2D eigenvalue weighted by Crippen LogP contribution is 2.39. The van der Waals surface area contributed by atoms with E-state index in [4.69, 9.17) is 14.2 Å². The molecule has 332 valence electrons. The van der Waals surface area contributed by atoms with Gasteiger partial charge >= 0.3 is 0 Å². The van der Waals surface area contributed by atoms with Gasteiger partial charge in [-0.2, -0.15) is 0 Å². The molecule has 4 heterocycles. The van der Waals surface area contributed by atoms with E-state index in [9.17, 15) is 19.5 Å². The number of benzene rings is 3. The highest BCUT2D eigenvalue weighted by Gasteiger charge is 2.41. The number of carbonyl (C=O) groups excluding carboxylic acids is 3. The van der Waals surface area contributed by atoms with Crippen molar-refractivity contribution in [1.82, 2.24) is 25.0 Å². The molecule has 7 rings (SSSR count). The van der Waals surface area contributed by atoms with Crippen LogP contribution in [0.4, 0.5) is 10.1 Å². The molecule has 0 saturated carbocycles. The fourth-order valence-corrected chi connectivity index (χ4v) is 9.03. The number of aromatic nitrogens is 1. The first-order valence-corrected chi connectivity index (χ1v) is 22.6. The second-order valence-electron chi connectivity index (χ2n) is 16.8. The normalized spacial score (nSPS) is 16.3. The van der Waals surface area contributed by atoms with Crippen molar-refractivity contribution in [1.29, 1.82) is 0 Å². The number of phenols is 1. The molecule has 1 spiro atoms. The number of hydrogen-bond acceptors (Lipinski definition) is 11. The third kappa shape index (κ3) is 11.5. The first-order valence-electron chi connectivity index (χ1n) is 21.7. The van der Waals surface area contributed by atoms with E-state index in [1.807, 2.05) is 58.5 Å². The zero-order valence-electron chi connectivity index (χ0n) is 36.1. The Kier molecular flexibility index (Phi) is 15.2. The summed E-state index contributed by atoms with van der Waals surface area (Å²) in [6.07, 6.45) is 2.73. The molecule has 0 unspecified atom stereocenters. The number of anilines is 1. The van der Waals surface area contributed by atoms with Gasteiger partial charge in [-0.25, -0.2) is 9.37 Å². The third-order valence-corrected chi connectivity index (χ3v) is 13.0. The van der Waals surface area contributed by atoms with Crippen LogP contribution in [0.2, 0.25) is 0 Å². The van der Waals surface area contributed by atoms with Crippen LogP contribution in [-0.4, -0.2) is 120 Å². The zero-order valence-corrected chi connectivity index (χ0v) is 36.9. The Morgan fingerprint density at radius 1 is 1.03 bits per heavy atom. The highest BCUT2D eigenvalue weighted by molar-refractivity contribution is 7.09. The van der Waals surface area contributed by atoms with Crippen LogP contribution in [0.3, 0.4) is 0 Å². The summed E-state index contributed by atoms with van der Waals surface area (Å²) in [7, 11) is 0. The quantitative estimate of drug-likeness (QED) is 0.0797. The van der Waals surface area contributed by atoms with Gasteiger partial charge in [-0.3, -0.25) is 19.3 Å². The number of amides is 3. The van der Waals surface area contributed by atoms with Crippen LogP contribution >= 0.6 is 11.3 Å². The number of aryl methyl sites for hydroxylation is 1. The molecule has 15 heteroatoms. The van der Waals surface area contributed by atoms with Crippen molar-refractivity contribution in [2.24, 2.45) is 0 Å². The Balaban J connectivity index is 0.843. The largest absolute Gasteiger partial charge is 0.506 e. The summed E-state index contributed by atoms with van der Waals surface area (Å²) in [6, 6.07) is 17.0. The number of ether oxygens (including phenoxy) is 3. The number of rotatable bonds is 18. The van der Waals surface area contributed by atoms with E-state index >= 15 is 4.39 Å². The maximum absolute atomic E-state index is 15.8. The van der Waals surface area contributed by atoms with Gasteiger partial charge in [-0.05, 0) is 61.9 Å². The molecule has 0 radical (unpaired) electrons. The molecule has 2 saturated heterocycles. The molecule has 3 aliphatic heterocycles. The number of nitrogens with one attached hydrogen (secondary N) is 2. The summed E-state index contributed by atoms with van der Waals surface area (Å²) < 4.78 is 33.7. The summed E-state index contributed by atoms with van der Waals surface area (Å²) in [4.78, 5) is 49.1. The van der Waals surface area contributed by atoms with Crippen molar-refractivity contribution in [2.45, 2.75) is 77.5 Å². The Labute approximate surface area is 367 Å². The monoisotopic (exact) mass is 870 g/mol. The maximum Gasteiger partial charge on any atom is 0.273 e. The zero-order chi connectivity index (χ0) is 43.6. The molecule has 62 heavy (non-hydrogen) atoms. The van der Waals surface area contributed by atoms with E-state index in [0.717, 1.165) is 47.6 Å². The smallest absolute Gasteiger partial charge is 0.273 e. The second-order valence-corrected chi connectivity index (χ2v) is 17.7. The fraction of sp³-hybridized carbons (Fsp3) is 0.489. The van der Waals surface area contributed by atoms with Crippen molar-refractivity contribution in [3.05, 3.63) is 104 Å². The Morgan fingerprint density at radius 3 is 2.60 bits per heavy atom. The lowest BCUT2D eigenvalue weighted by atomic mass is 9.89. The summed E-state index contributed by atoms with van der Waals surface area (Å²) >= 11 is 1.53. The number of phenolic OH excluding ortho intramolecular Hbond substituents is 1. The van der Waals surface area contributed by atoms with Gasteiger partial charge in [0.05, 0.1) is 43.4 Å². The summed E-state index contributed by atoms with van der Waals surface area (Å²) in [5.41, 5.74) is 4.68. The average molecular weight is 871 g/mol. The van der Waals surface area contributed by atoms with Gasteiger partial charge < -0.3 is 39.8 Å². The molecular weight excluding hydrogens is 812 g/mol. The molecule has 13 nitrogen and oxygen atoms in total. The fourth-order valence-electron chi connectivity index (χ4n) is 8.22. The lowest BCUT2D eigenvalue weighted by molar-refractivity contribution is -0.133. The molecule has 1 aromatic heterocycles. The van der Waals surface area contributed by atoms with Gasteiger partial charge in [-0.15, -0.1) is 11.3 Å². The molecule has 3 N–H and O–H groups in total. The number of nitrogens with zero attached hydrogens (tertiary/aromatic N) is 4. The van der Waals surface area contributed by atoms with Crippen LogP contribution in [-0.2, 0) is 45.0 Å². The Morgan fingerprint density at radius 2 is 1.82 bits per heavy atom. The van der Waals surface area contributed by atoms with E-state index in [-0.39, 0.29) is 54.8 Å². The second kappa shape index (κ2) is 21.0. The molecule has 3 aromatic carbocycles. The van der Waals surface area contributed by atoms with Crippen molar-refractivity contribution in [3.8, 4) is 11.5 Å². The van der Waals surface area contributed by atoms with Gasteiger partial charge in [0.1, 0.15) is 22.9 Å². The summed E-state index contributed by atoms with van der Waals surface area (Å²) in [5, 5.41) is 19.1. The molecular formula is C47H59FN6O7S. The lowest BCUT2D eigenvalue weighted by Crippen LogP contribution is -2.58. The lowest BCUT2D eigenvalue weighted by Gasteiger charge is -2.47. The first kappa shape index (κ1) is 45.1. The van der Waals surface area contributed by atoms with Crippen molar-refractivity contribution >= 4 is 34.7 Å².